The number of nitrogens with zero attached hydrogens (tertiary/aromatic N) is 2. The van der Waals surface area contributed by atoms with Crippen LogP contribution in [0.25, 0.3) is 0 Å². The maximum absolute atomic E-state index is 12.5. The molecule has 0 aliphatic heterocycles. The van der Waals surface area contributed by atoms with Crippen LogP contribution in [-0.2, 0) is 11.3 Å². The standard InChI is InChI=1S/C22H23N3O4/c1-2-28-18-8-10-19(11-9-18)29-15-13-23-20(26)16-25-14-12-24-22(25)21(27)17-6-4-3-5-7-17/h3-12,14H,2,13,15-16H2,1H3,(H,23,26). The smallest absolute Gasteiger partial charge is 0.240 e. The maximum Gasteiger partial charge on any atom is 0.240 e. The predicted octanol–water partition coefficient (Wildman–Crippen LogP) is 2.71. The van der Waals surface area contributed by atoms with Crippen LogP contribution < -0.4 is 14.8 Å². The molecule has 1 N–H and O–H groups in total. The van der Waals surface area contributed by atoms with Gasteiger partial charge in [0, 0.05) is 18.0 Å². The molecule has 7 heteroatoms. The highest BCUT2D eigenvalue weighted by Gasteiger charge is 2.16. The van der Waals surface area contributed by atoms with Gasteiger partial charge in [-0.15, -0.1) is 0 Å². The lowest BCUT2D eigenvalue weighted by Crippen LogP contribution is -2.31. The number of benzene rings is 2. The van der Waals surface area contributed by atoms with E-state index in [4.69, 9.17) is 9.47 Å². The van der Waals surface area contributed by atoms with Crippen molar-refractivity contribution >= 4 is 11.7 Å². The quantitative estimate of drug-likeness (QED) is 0.423. The number of hydrogen-bond donors (Lipinski definition) is 1. The average molecular weight is 393 g/mol. The van der Waals surface area contributed by atoms with E-state index in [-0.39, 0.29) is 24.1 Å². The van der Waals surface area contributed by atoms with Crippen LogP contribution in [0.2, 0.25) is 0 Å². The Morgan fingerprint density at radius 2 is 1.69 bits per heavy atom. The van der Waals surface area contributed by atoms with Gasteiger partial charge in [-0.2, -0.15) is 0 Å². The van der Waals surface area contributed by atoms with Crippen LogP contribution in [0.15, 0.2) is 67.0 Å². The number of ketones is 1. The second-order valence-corrected chi connectivity index (χ2v) is 6.18. The molecule has 1 amide bonds. The van der Waals surface area contributed by atoms with Gasteiger partial charge in [-0.3, -0.25) is 9.59 Å². The van der Waals surface area contributed by atoms with Gasteiger partial charge >= 0.3 is 0 Å². The first-order valence-electron chi connectivity index (χ1n) is 9.40. The van der Waals surface area contributed by atoms with Crippen molar-refractivity contribution in [1.29, 1.82) is 0 Å². The molecule has 0 fully saturated rings. The molecule has 1 heterocycles. The minimum atomic E-state index is -0.222. The van der Waals surface area contributed by atoms with Gasteiger partial charge in [0.15, 0.2) is 5.82 Å². The summed E-state index contributed by atoms with van der Waals surface area (Å²) < 4.78 is 12.5. The van der Waals surface area contributed by atoms with Crippen LogP contribution in [0, 0.1) is 0 Å². The minimum absolute atomic E-state index is 0.0109. The second kappa shape index (κ2) is 10.1. The topological polar surface area (TPSA) is 82.4 Å². The van der Waals surface area contributed by atoms with Crippen LogP contribution in [0.4, 0.5) is 0 Å². The highest BCUT2D eigenvalue weighted by molar-refractivity contribution is 6.06. The van der Waals surface area contributed by atoms with Gasteiger partial charge in [0.05, 0.1) is 13.2 Å². The van der Waals surface area contributed by atoms with Gasteiger partial charge in [-0.1, -0.05) is 30.3 Å². The summed E-state index contributed by atoms with van der Waals surface area (Å²) in [6.45, 7) is 3.23. The molecule has 0 saturated carbocycles. The number of rotatable bonds is 10. The number of nitrogens with one attached hydrogen (secondary N) is 1. The van der Waals surface area contributed by atoms with E-state index < -0.39 is 0 Å². The fraction of sp³-hybridized carbons (Fsp3) is 0.227. The molecule has 0 radical (unpaired) electrons. The van der Waals surface area contributed by atoms with E-state index in [2.05, 4.69) is 10.3 Å². The van der Waals surface area contributed by atoms with E-state index in [0.29, 0.717) is 31.1 Å². The van der Waals surface area contributed by atoms with E-state index in [1.807, 2.05) is 37.3 Å². The van der Waals surface area contributed by atoms with Crippen molar-refractivity contribution < 1.29 is 19.1 Å². The van der Waals surface area contributed by atoms with Crippen molar-refractivity contribution in [2.45, 2.75) is 13.5 Å². The SMILES string of the molecule is CCOc1ccc(OCCNC(=O)Cn2ccnc2C(=O)c2ccccc2)cc1. The van der Waals surface area contributed by atoms with Gasteiger partial charge in [0.2, 0.25) is 11.7 Å². The van der Waals surface area contributed by atoms with Gasteiger partial charge in [0.25, 0.3) is 0 Å². The molecule has 0 bridgehead atoms. The molecule has 0 saturated heterocycles. The lowest BCUT2D eigenvalue weighted by Gasteiger charge is -2.10. The molecule has 0 unspecified atom stereocenters. The lowest BCUT2D eigenvalue weighted by atomic mass is 10.1. The molecule has 2 aromatic carbocycles. The fourth-order valence-corrected chi connectivity index (χ4v) is 2.73. The number of carbonyl (C=O) groups is 2. The Balaban J connectivity index is 1.46. The third-order valence-electron chi connectivity index (χ3n) is 4.10. The first-order chi connectivity index (χ1) is 14.2. The number of amides is 1. The summed E-state index contributed by atoms with van der Waals surface area (Å²) in [5, 5.41) is 2.78. The third kappa shape index (κ3) is 5.68. The Kier molecular flexibility index (Phi) is 7.00. The summed E-state index contributed by atoms with van der Waals surface area (Å²) in [5.74, 6) is 1.28. The molecule has 0 aliphatic rings. The lowest BCUT2D eigenvalue weighted by molar-refractivity contribution is -0.121. The van der Waals surface area contributed by atoms with Crippen LogP contribution in [-0.4, -0.2) is 41.0 Å². The number of carbonyl (C=O) groups excluding carboxylic acids is 2. The first kappa shape index (κ1) is 20.1. The average Bonchev–Trinajstić information content (AvgIpc) is 3.20. The zero-order valence-electron chi connectivity index (χ0n) is 16.2. The van der Waals surface area contributed by atoms with Crippen LogP contribution in [0.5, 0.6) is 11.5 Å². The summed E-state index contributed by atoms with van der Waals surface area (Å²) in [7, 11) is 0. The van der Waals surface area contributed by atoms with Crippen LogP contribution in [0.3, 0.4) is 0 Å². The zero-order chi connectivity index (χ0) is 20.5. The van der Waals surface area contributed by atoms with E-state index in [0.717, 1.165) is 5.75 Å². The molecular formula is C22H23N3O4. The Labute approximate surface area is 169 Å². The normalized spacial score (nSPS) is 10.4. The van der Waals surface area contributed by atoms with Crippen molar-refractivity contribution in [3.05, 3.63) is 78.4 Å². The van der Waals surface area contributed by atoms with E-state index in [9.17, 15) is 9.59 Å². The van der Waals surface area contributed by atoms with Crippen molar-refractivity contribution in [2.24, 2.45) is 0 Å². The third-order valence-corrected chi connectivity index (χ3v) is 4.10. The van der Waals surface area contributed by atoms with Gasteiger partial charge in [-0.25, -0.2) is 4.98 Å². The van der Waals surface area contributed by atoms with Crippen LogP contribution >= 0.6 is 0 Å². The Morgan fingerprint density at radius 3 is 2.38 bits per heavy atom. The molecule has 7 nitrogen and oxygen atoms in total. The van der Waals surface area contributed by atoms with E-state index in [1.54, 1.807) is 30.5 Å². The molecule has 3 aromatic rings. The van der Waals surface area contributed by atoms with Gasteiger partial charge in [-0.05, 0) is 31.2 Å². The summed E-state index contributed by atoms with van der Waals surface area (Å²) in [6.07, 6.45) is 3.13. The second-order valence-electron chi connectivity index (χ2n) is 6.18. The molecule has 0 atom stereocenters. The maximum atomic E-state index is 12.5. The predicted molar refractivity (Wildman–Crippen MR) is 108 cm³/mol. The Morgan fingerprint density at radius 1 is 1.00 bits per heavy atom. The molecule has 29 heavy (non-hydrogen) atoms. The number of hydrogen-bond acceptors (Lipinski definition) is 5. The van der Waals surface area contributed by atoms with E-state index in [1.165, 1.54) is 10.8 Å². The highest BCUT2D eigenvalue weighted by atomic mass is 16.5. The molecule has 0 spiro atoms. The molecular weight excluding hydrogens is 370 g/mol. The summed E-state index contributed by atoms with van der Waals surface area (Å²) in [4.78, 5) is 28.9. The van der Waals surface area contributed by atoms with Crippen LogP contribution in [0.1, 0.15) is 23.1 Å². The molecule has 150 valence electrons. The number of aromatic nitrogens is 2. The van der Waals surface area contributed by atoms with E-state index >= 15 is 0 Å². The molecule has 1 aromatic heterocycles. The Bertz CT molecular complexity index is 936. The van der Waals surface area contributed by atoms with Crippen molar-refractivity contribution in [3.63, 3.8) is 0 Å². The van der Waals surface area contributed by atoms with Gasteiger partial charge in [0.1, 0.15) is 24.7 Å². The monoisotopic (exact) mass is 393 g/mol. The fourth-order valence-electron chi connectivity index (χ4n) is 2.73. The largest absolute Gasteiger partial charge is 0.494 e. The zero-order valence-corrected chi connectivity index (χ0v) is 16.2. The summed E-state index contributed by atoms with van der Waals surface area (Å²) in [5.41, 5.74) is 0.532. The first-order valence-corrected chi connectivity index (χ1v) is 9.40. The summed E-state index contributed by atoms with van der Waals surface area (Å²) >= 11 is 0. The Hall–Kier alpha value is -3.61. The van der Waals surface area contributed by atoms with Crippen molar-refractivity contribution in [1.82, 2.24) is 14.9 Å². The van der Waals surface area contributed by atoms with Crippen molar-refractivity contribution in [3.8, 4) is 11.5 Å². The van der Waals surface area contributed by atoms with Crippen molar-refractivity contribution in [2.75, 3.05) is 19.8 Å². The van der Waals surface area contributed by atoms with Gasteiger partial charge < -0.3 is 19.4 Å². The molecule has 3 rings (SSSR count). The number of ether oxygens (including phenoxy) is 2. The highest BCUT2D eigenvalue weighted by Crippen LogP contribution is 2.17. The number of imidazole rings is 1. The summed E-state index contributed by atoms with van der Waals surface area (Å²) in [6, 6.07) is 16.2. The molecule has 0 aliphatic carbocycles. The minimum Gasteiger partial charge on any atom is -0.494 e.